The lowest BCUT2D eigenvalue weighted by Crippen LogP contribution is -2.45. The van der Waals surface area contributed by atoms with Crippen molar-refractivity contribution >= 4 is 23.2 Å². The zero-order chi connectivity index (χ0) is 20.6. The maximum atomic E-state index is 13.3. The quantitative estimate of drug-likeness (QED) is 0.734. The number of carbonyl (C=O) groups is 2. The molecule has 3 fully saturated rings. The van der Waals surface area contributed by atoms with Gasteiger partial charge in [0.25, 0.3) is 0 Å². The van der Waals surface area contributed by atoms with Gasteiger partial charge in [-0.15, -0.1) is 0 Å². The second-order valence-corrected chi connectivity index (χ2v) is 8.27. The molecule has 2 aromatic carbocycles. The third-order valence-corrected chi connectivity index (χ3v) is 6.72. The molecule has 4 aliphatic heterocycles. The van der Waals surface area contributed by atoms with Gasteiger partial charge in [0.15, 0.2) is 6.10 Å². The van der Waals surface area contributed by atoms with E-state index in [1.165, 1.54) is 4.90 Å². The molecule has 0 aliphatic carbocycles. The number of imide groups is 1. The first-order valence-electron chi connectivity index (χ1n) is 10.1. The van der Waals surface area contributed by atoms with Crippen LogP contribution in [0.25, 0.3) is 0 Å². The van der Waals surface area contributed by atoms with Gasteiger partial charge in [-0.3, -0.25) is 9.59 Å². The van der Waals surface area contributed by atoms with Crippen LogP contribution in [-0.4, -0.2) is 42.9 Å². The largest absolute Gasteiger partial charge is 0.497 e. The van der Waals surface area contributed by atoms with Gasteiger partial charge >= 0.3 is 0 Å². The molecule has 0 aromatic heterocycles. The fourth-order valence-corrected chi connectivity index (χ4v) is 5.31. The van der Waals surface area contributed by atoms with E-state index in [1.54, 1.807) is 7.11 Å². The molecule has 152 valence electrons. The highest BCUT2D eigenvalue weighted by Crippen LogP contribution is 2.55. The number of fused-ring (bicyclic) bond motifs is 8. The molecule has 30 heavy (non-hydrogen) atoms. The second-order valence-electron chi connectivity index (χ2n) is 8.27. The number of hydrogen-bond donors (Lipinski definition) is 0. The minimum Gasteiger partial charge on any atom is -0.497 e. The summed E-state index contributed by atoms with van der Waals surface area (Å²) in [6.45, 7) is 1.97. The molecule has 0 saturated carbocycles. The number of ether oxygens (including phenoxy) is 2. The van der Waals surface area contributed by atoms with E-state index in [0.717, 1.165) is 22.6 Å². The monoisotopic (exact) mass is 404 g/mol. The first-order valence-corrected chi connectivity index (χ1v) is 10.1. The number of aryl methyl sites for hydroxylation is 1. The molecular weight excluding hydrogens is 384 g/mol. The van der Waals surface area contributed by atoms with Crippen LogP contribution < -0.4 is 9.64 Å². The van der Waals surface area contributed by atoms with Gasteiger partial charge in [-0.1, -0.05) is 22.9 Å². The number of anilines is 1. The van der Waals surface area contributed by atoms with Gasteiger partial charge in [0.1, 0.15) is 11.9 Å². The van der Waals surface area contributed by atoms with Crippen molar-refractivity contribution in [1.29, 1.82) is 0 Å². The van der Waals surface area contributed by atoms with Crippen LogP contribution in [0.4, 0.5) is 5.69 Å². The minimum atomic E-state index is -0.518. The zero-order valence-corrected chi connectivity index (χ0v) is 16.5. The molecule has 2 amide bonds. The van der Waals surface area contributed by atoms with Gasteiger partial charge in [0.2, 0.25) is 11.8 Å². The van der Waals surface area contributed by atoms with Gasteiger partial charge in [-0.2, -0.15) is 0 Å². The molecule has 6 atom stereocenters. The van der Waals surface area contributed by atoms with E-state index in [4.69, 9.17) is 14.3 Å². The van der Waals surface area contributed by atoms with Gasteiger partial charge in [0, 0.05) is 5.56 Å². The number of amides is 2. The summed E-state index contributed by atoms with van der Waals surface area (Å²) in [5.74, 6) is -0.837. The van der Waals surface area contributed by atoms with Crippen molar-refractivity contribution in [2.45, 2.75) is 25.2 Å². The molecule has 0 radical (unpaired) electrons. The summed E-state index contributed by atoms with van der Waals surface area (Å²) in [4.78, 5) is 33.6. The van der Waals surface area contributed by atoms with E-state index in [0.29, 0.717) is 5.69 Å². The third-order valence-electron chi connectivity index (χ3n) is 6.72. The lowest BCUT2D eigenvalue weighted by atomic mass is 9.71. The molecule has 0 N–H and O–H groups in total. The highest BCUT2D eigenvalue weighted by Gasteiger charge is 2.72. The number of rotatable bonds is 3. The smallest absolute Gasteiger partial charge is 0.240 e. The summed E-state index contributed by atoms with van der Waals surface area (Å²) >= 11 is 0. The molecule has 4 aliphatic rings. The van der Waals surface area contributed by atoms with E-state index < -0.39 is 24.0 Å². The summed E-state index contributed by atoms with van der Waals surface area (Å²) in [7, 11) is 1.62. The van der Waals surface area contributed by atoms with E-state index in [9.17, 15) is 9.59 Å². The fourth-order valence-electron chi connectivity index (χ4n) is 5.31. The normalized spacial score (nSPS) is 33.4. The molecule has 0 spiro atoms. The Morgan fingerprint density at radius 1 is 0.867 bits per heavy atom. The summed E-state index contributed by atoms with van der Waals surface area (Å²) in [6.07, 6.45) is -1.22. The summed E-state index contributed by atoms with van der Waals surface area (Å²) in [5, 5.41) is 4.31. The Kier molecular flexibility index (Phi) is 3.62. The van der Waals surface area contributed by atoms with Crippen LogP contribution in [0, 0.1) is 24.7 Å². The van der Waals surface area contributed by atoms with Crippen molar-refractivity contribution in [3.05, 3.63) is 59.7 Å². The van der Waals surface area contributed by atoms with Gasteiger partial charge < -0.3 is 14.3 Å². The molecule has 2 bridgehead atoms. The Balaban J connectivity index is 1.33. The summed E-state index contributed by atoms with van der Waals surface area (Å²) < 4.78 is 11.4. The summed E-state index contributed by atoms with van der Waals surface area (Å²) in [5.41, 5.74) is 3.36. The van der Waals surface area contributed by atoms with E-state index in [2.05, 4.69) is 5.16 Å². The average Bonchev–Trinajstić information content (AvgIpc) is 3.49. The SMILES string of the molecule is COc1ccc(C2=NO[C@@H]3[C@H]4O[C@@H]([C@H]23)[C@H]2C(=O)N(c3ccc(C)cc3)C(=O)[C@@H]42)cc1. The second kappa shape index (κ2) is 6.15. The zero-order valence-electron chi connectivity index (χ0n) is 16.5. The summed E-state index contributed by atoms with van der Waals surface area (Å²) in [6, 6.07) is 15.0. The Morgan fingerprint density at radius 2 is 1.53 bits per heavy atom. The number of hydrogen-bond acceptors (Lipinski definition) is 6. The van der Waals surface area contributed by atoms with Crippen LogP contribution in [0.15, 0.2) is 53.7 Å². The van der Waals surface area contributed by atoms with E-state index >= 15 is 0 Å². The highest BCUT2D eigenvalue weighted by molar-refractivity contribution is 6.23. The van der Waals surface area contributed by atoms with Crippen LogP contribution in [0.3, 0.4) is 0 Å². The lowest BCUT2D eigenvalue weighted by molar-refractivity contribution is -0.125. The van der Waals surface area contributed by atoms with Crippen LogP contribution in [0.2, 0.25) is 0 Å². The third kappa shape index (κ3) is 2.21. The van der Waals surface area contributed by atoms with Crippen LogP contribution in [-0.2, 0) is 19.2 Å². The molecule has 7 nitrogen and oxygen atoms in total. The molecule has 0 unspecified atom stereocenters. The number of benzene rings is 2. The van der Waals surface area contributed by atoms with Crippen molar-refractivity contribution in [2.75, 3.05) is 12.0 Å². The number of methoxy groups -OCH3 is 1. The van der Waals surface area contributed by atoms with Crippen molar-refractivity contribution in [1.82, 2.24) is 0 Å². The maximum Gasteiger partial charge on any atom is 0.240 e. The maximum absolute atomic E-state index is 13.3. The number of carbonyl (C=O) groups excluding carboxylic acids is 2. The molecule has 4 heterocycles. The predicted molar refractivity (Wildman–Crippen MR) is 107 cm³/mol. The number of nitrogens with zero attached hydrogens (tertiary/aromatic N) is 2. The van der Waals surface area contributed by atoms with Crippen LogP contribution >= 0.6 is 0 Å². The first-order chi connectivity index (χ1) is 14.6. The Bertz CT molecular complexity index is 1080. The molecular formula is C23H20N2O5. The van der Waals surface area contributed by atoms with Crippen LogP contribution in [0.5, 0.6) is 5.75 Å². The van der Waals surface area contributed by atoms with Gasteiger partial charge in [0.05, 0.1) is 42.4 Å². The van der Waals surface area contributed by atoms with E-state index in [1.807, 2.05) is 55.5 Å². The molecule has 2 aromatic rings. The van der Waals surface area contributed by atoms with E-state index in [-0.39, 0.29) is 23.8 Å². The predicted octanol–water partition coefficient (Wildman–Crippen LogP) is 2.31. The standard InChI is InChI=1S/C23H20N2O5/c1-11-3-7-13(8-4-11)25-22(26)15-16(23(25)27)20-21-17(19(15)29-20)18(24-30-21)12-5-9-14(28-2)10-6-12/h3-10,15-17,19-21H,1-2H3/t15-,16+,17-,19+,20-,21-/m0/s1. The average molecular weight is 404 g/mol. The van der Waals surface area contributed by atoms with Crippen molar-refractivity contribution in [3.8, 4) is 5.75 Å². The molecule has 6 rings (SSSR count). The van der Waals surface area contributed by atoms with Gasteiger partial charge in [-0.05, 0) is 43.3 Å². The molecule has 3 saturated heterocycles. The lowest BCUT2D eigenvalue weighted by Gasteiger charge is -2.26. The van der Waals surface area contributed by atoms with Gasteiger partial charge in [-0.25, -0.2) is 4.90 Å². The fraction of sp³-hybridized carbons (Fsp3) is 0.348. The van der Waals surface area contributed by atoms with Crippen LogP contribution in [0.1, 0.15) is 11.1 Å². The Morgan fingerprint density at radius 3 is 2.20 bits per heavy atom. The highest BCUT2D eigenvalue weighted by atomic mass is 16.7. The van der Waals surface area contributed by atoms with Crippen molar-refractivity contribution in [2.24, 2.45) is 22.9 Å². The first kappa shape index (κ1) is 17.7. The Labute approximate surface area is 173 Å². The number of oxime groups is 1. The molecule has 7 heteroatoms. The Hall–Kier alpha value is -3.19. The minimum absolute atomic E-state index is 0.167. The van der Waals surface area contributed by atoms with Crippen molar-refractivity contribution in [3.63, 3.8) is 0 Å². The van der Waals surface area contributed by atoms with Crippen molar-refractivity contribution < 1.29 is 23.9 Å². The topological polar surface area (TPSA) is 77.4 Å².